The van der Waals surface area contributed by atoms with Crippen molar-refractivity contribution in [2.45, 2.75) is 96.2 Å². The van der Waals surface area contributed by atoms with E-state index in [0.717, 1.165) is 32.1 Å². The molecule has 1 unspecified atom stereocenters. The van der Waals surface area contributed by atoms with Crippen molar-refractivity contribution in [2.24, 2.45) is 0 Å². The molecule has 1 aromatic carbocycles. The van der Waals surface area contributed by atoms with Crippen molar-refractivity contribution < 1.29 is 33.9 Å². The highest BCUT2D eigenvalue weighted by molar-refractivity contribution is 6.07. The van der Waals surface area contributed by atoms with Crippen molar-refractivity contribution in [1.29, 1.82) is 0 Å². The van der Waals surface area contributed by atoms with E-state index >= 15 is 0 Å². The molecule has 5 amide bonds. The van der Waals surface area contributed by atoms with Crippen LogP contribution in [0.5, 0.6) is 0 Å². The van der Waals surface area contributed by atoms with Gasteiger partial charge in [0.1, 0.15) is 12.1 Å². The molecule has 0 bridgehead atoms. The number of hydrogen-bond donors (Lipinski definition) is 4. The number of rotatable bonds is 20. The van der Waals surface area contributed by atoms with Crippen molar-refractivity contribution in [3.8, 4) is 0 Å². The summed E-state index contributed by atoms with van der Waals surface area (Å²) < 4.78 is 0. The number of aliphatic carboxylic acids is 1. The van der Waals surface area contributed by atoms with Crippen molar-refractivity contribution in [3.63, 3.8) is 0 Å². The predicted octanol–water partition coefficient (Wildman–Crippen LogP) is 5.82. The second-order valence-electron chi connectivity index (χ2n) is 11.9. The number of fused-ring (bicyclic) bond motifs is 1. The lowest BCUT2D eigenvalue weighted by Gasteiger charge is -2.29. The third kappa shape index (κ3) is 13.3. The van der Waals surface area contributed by atoms with Gasteiger partial charge in [-0.2, -0.15) is 0 Å². The molecule has 11 nitrogen and oxygen atoms in total. The van der Waals surface area contributed by atoms with E-state index in [1.165, 1.54) is 4.90 Å². The highest BCUT2D eigenvalue weighted by atomic mass is 16.4. The van der Waals surface area contributed by atoms with Crippen LogP contribution in [-0.2, 0) is 30.5 Å². The van der Waals surface area contributed by atoms with E-state index in [-0.39, 0.29) is 31.5 Å². The summed E-state index contributed by atoms with van der Waals surface area (Å²) in [6.45, 7) is 2.15. The standard InChI is InChI=1S/C39H48N4O7/c1-2-3-4-5-6-7-8-9-10-11-12-13-14-15-16-17-18-19-20-24-34(44)40-32(27-36(46)47)37(48)41-31-23-21-22-29-30(31)28-43(39(29)50)33-25-26-35(45)42-38(33)49/h3-4,6-7,9-10,12-13,15-16,18-19,21-23,32-33H,2,5,8,11,14,17,20,24-28H2,1H3,(H,40,44)(H,41,48)(H,46,47)(H,42,45,49)/b4-3-,7-6-,10-9-,13-12-,16-15-,19-18-/t32?,33-/m0/s1. The maximum absolute atomic E-state index is 13.2. The number of amides is 5. The van der Waals surface area contributed by atoms with E-state index in [9.17, 15) is 33.9 Å². The molecular weight excluding hydrogens is 636 g/mol. The van der Waals surface area contributed by atoms with Crippen molar-refractivity contribution in [3.05, 3.63) is 102 Å². The third-order valence-corrected chi connectivity index (χ3v) is 8.00. The van der Waals surface area contributed by atoms with Gasteiger partial charge in [-0.15, -0.1) is 0 Å². The summed E-state index contributed by atoms with van der Waals surface area (Å²) in [5.41, 5.74) is 1.04. The molecule has 11 heteroatoms. The Hall–Kier alpha value is -5.32. The molecule has 0 spiro atoms. The molecule has 50 heavy (non-hydrogen) atoms. The Morgan fingerprint density at radius 1 is 0.880 bits per heavy atom. The number of nitrogens with zero attached hydrogens (tertiary/aromatic N) is 1. The Bertz CT molecular complexity index is 1550. The monoisotopic (exact) mass is 684 g/mol. The molecule has 2 atom stereocenters. The van der Waals surface area contributed by atoms with Crippen molar-refractivity contribution in [1.82, 2.24) is 15.5 Å². The zero-order valence-corrected chi connectivity index (χ0v) is 28.6. The fourth-order valence-corrected chi connectivity index (χ4v) is 5.43. The number of nitrogens with one attached hydrogen (secondary N) is 3. The van der Waals surface area contributed by atoms with Gasteiger partial charge in [0.15, 0.2) is 0 Å². The van der Waals surface area contributed by atoms with E-state index in [2.05, 4.69) is 77.6 Å². The second kappa shape index (κ2) is 21.6. The SMILES string of the molecule is CC/C=C\C/C=C\C/C=C\C/C=C\C/C=C\C/C=C\CCC(=O)NC(CC(=O)O)C(=O)Nc1cccc2c1CN([C@H]1CCC(=O)NC1=O)C2=O. The van der Waals surface area contributed by atoms with Crippen molar-refractivity contribution >= 4 is 41.2 Å². The van der Waals surface area contributed by atoms with Crippen LogP contribution in [0.2, 0.25) is 0 Å². The maximum Gasteiger partial charge on any atom is 0.305 e. The second-order valence-corrected chi connectivity index (χ2v) is 11.9. The van der Waals surface area contributed by atoms with Crippen LogP contribution in [0.1, 0.15) is 93.5 Å². The Morgan fingerprint density at radius 3 is 2.02 bits per heavy atom. The van der Waals surface area contributed by atoms with Gasteiger partial charge in [-0.1, -0.05) is 85.9 Å². The van der Waals surface area contributed by atoms with Crippen LogP contribution in [0.15, 0.2) is 91.1 Å². The summed E-state index contributed by atoms with van der Waals surface area (Å²) in [6.07, 6.45) is 30.8. The van der Waals surface area contributed by atoms with Crippen LogP contribution < -0.4 is 16.0 Å². The first-order valence-electron chi connectivity index (χ1n) is 17.2. The molecule has 2 aliphatic rings. The van der Waals surface area contributed by atoms with E-state index in [4.69, 9.17) is 0 Å². The molecule has 0 saturated carbocycles. The summed E-state index contributed by atoms with van der Waals surface area (Å²) in [5, 5.41) is 16.8. The molecule has 1 fully saturated rings. The van der Waals surface area contributed by atoms with Gasteiger partial charge in [0.05, 0.1) is 6.42 Å². The number of carbonyl (C=O) groups is 6. The first kappa shape index (κ1) is 39.1. The van der Waals surface area contributed by atoms with Crippen LogP contribution >= 0.6 is 0 Å². The Balaban J connectivity index is 1.39. The number of carboxylic acid groups (broad SMARTS) is 1. The summed E-state index contributed by atoms with van der Waals surface area (Å²) in [4.78, 5) is 75.7. The van der Waals surface area contributed by atoms with Crippen LogP contribution in [0.4, 0.5) is 5.69 Å². The Kier molecular flexibility index (Phi) is 16.9. The van der Waals surface area contributed by atoms with E-state index in [1.54, 1.807) is 18.2 Å². The van der Waals surface area contributed by atoms with Gasteiger partial charge in [-0.3, -0.25) is 34.1 Å². The number of benzene rings is 1. The minimum absolute atomic E-state index is 0.0266. The lowest BCUT2D eigenvalue weighted by molar-refractivity contribution is -0.140. The number of imide groups is 1. The highest BCUT2D eigenvalue weighted by Gasteiger charge is 2.40. The number of carboxylic acids is 1. The van der Waals surface area contributed by atoms with Gasteiger partial charge in [0.25, 0.3) is 5.91 Å². The summed E-state index contributed by atoms with van der Waals surface area (Å²) >= 11 is 0. The van der Waals surface area contributed by atoms with Crippen molar-refractivity contribution in [2.75, 3.05) is 5.32 Å². The largest absolute Gasteiger partial charge is 0.481 e. The first-order valence-corrected chi connectivity index (χ1v) is 17.2. The van der Waals surface area contributed by atoms with E-state index in [1.807, 2.05) is 18.2 Å². The molecule has 2 heterocycles. The fourth-order valence-electron chi connectivity index (χ4n) is 5.43. The minimum atomic E-state index is -1.34. The van der Waals surface area contributed by atoms with Gasteiger partial charge in [-0.25, -0.2) is 0 Å². The Labute approximate surface area is 293 Å². The maximum atomic E-state index is 13.2. The fraction of sp³-hybridized carbons (Fsp3) is 0.385. The topological polar surface area (TPSA) is 162 Å². The predicted molar refractivity (Wildman–Crippen MR) is 193 cm³/mol. The number of allylic oxidation sites excluding steroid dienone is 12. The molecular formula is C39H48N4O7. The van der Waals surface area contributed by atoms with Crippen LogP contribution in [0, 0.1) is 0 Å². The highest BCUT2D eigenvalue weighted by Crippen LogP contribution is 2.32. The molecule has 4 N–H and O–H groups in total. The van der Waals surface area contributed by atoms with Gasteiger partial charge < -0.3 is 20.6 Å². The van der Waals surface area contributed by atoms with E-state index in [0.29, 0.717) is 24.0 Å². The zero-order valence-electron chi connectivity index (χ0n) is 28.6. The van der Waals surface area contributed by atoms with Gasteiger partial charge in [0.2, 0.25) is 23.6 Å². The molecule has 266 valence electrons. The first-order chi connectivity index (χ1) is 24.2. The average molecular weight is 685 g/mol. The number of carbonyl (C=O) groups excluding carboxylic acids is 5. The van der Waals surface area contributed by atoms with Gasteiger partial charge in [-0.05, 0) is 63.5 Å². The Morgan fingerprint density at radius 2 is 1.46 bits per heavy atom. The normalized spacial score (nSPS) is 17.2. The molecule has 0 aromatic heterocycles. The number of anilines is 1. The van der Waals surface area contributed by atoms with Gasteiger partial charge >= 0.3 is 5.97 Å². The number of piperidine rings is 1. The smallest absolute Gasteiger partial charge is 0.305 e. The van der Waals surface area contributed by atoms with Crippen LogP contribution in [0.3, 0.4) is 0 Å². The average Bonchev–Trinajstić information content (AvgIpc) is 3.41. The summed E-state index contributed by atoms with van der Waals surface area (Å²) in [6, 6.07) is 2.54. The van der Waals surface area contributed by atoms with Gasteiger partial charge in [0, 0.05) is 36.2 Å². The zero-order chi connectivity index (χ0) is 36.1. The molecule has 1 saturated heterocycles. The lowest BCUT2D eigenvalue weighted by atomic mass is 10.0. The lowest BCUT2D eigenvalue weighted by Crippen LogP contribution is -2.52. The molecule has 0 aliphatic carbocycles. The molecule has 0 radical (unpaired) electrons. The summed E-state index contributed by atoms with van der Waals surface area (Å²) in [7, 11) is 0. The van der Waals surface area contributed by atoms with Crippen LogP contribution in [-0.4, -0.2) is 57.6 Å². The third-order valence-electron chi connectivity index (χ3n) is 8.00. The molecule has 2 aliphatic heterocycles. The minimum Gasteiger partial charge on any atom is -0.481 e. The molecule has 1 aromatic rings. The van der Waals surface area contributed by atoms with E-state index < -0.39 is 54.0 Å². The van der Waals surface area contributed by atoms with Crippen LogP contribution in [0.25, 0.3) is 0 Å². The quantitative estimate of drug-likeness (QED) is 0.0993. The number of hydrogen-bond acceptors (Lipinski definition) is 6. The summed E-state index contributed by atoms with van der Waals surface area (Å²) in [5.74, 6) is -3.83. The molecule has 3 rings (SSSR count).